The molecule has 78 valence electrons. The van der Waals surface area contributed by atoms with Crippen molar-refractivity contribution in [2.45, 2.75) is 5.92 Å². The van der Waals surface area contributed by atoms with Crippen LogP contribution in [0.25, 0.3) is 0 Å². The van der Waals surface area contributed by atoms with Gasteiger partial charge in [0.25, 0.3) is 0 Å². The fraction of sp³-hybridized carbons (Fsp3) is 0.455. The molecule has 1 aromatic carbocycles. The predicted octanol–water partition coefficient (Wildman–Crippen LogP) is 0.996. The second-order valence-corrected chi connectivity index (χ2v) is 3.79. The normalized spacial score (nSPS) is 13.1. The molecular formula is C11H18N2O. The Hall–Kier alpha value is -1.06. The molecule has 1 unspecified atom stereocenters. The largest absolute Gasteiger partial charge is 0.508 e. The molecule has 1 rings (SSSR count). The second-order valence-electron chi connectivity index (χ2n) is 3.79. The summed E-state index contributed by atoms with van der Waals surface area (Å²) in [6, 6.07) is 7.30. The summed E-state index contributed by atoms with van der Waals surface area (Å²) in [5.74, 6) is 0.594. The molecule has 3 N–H and O–H groups in total. The third kappa shape index (κ3) is 3.01. The standard InChI is InChI=1S/C11H18N2O/c1-13(2)8-10(7-12)9-4-3-5-11(14)6-9/h3-6,10,14H,7-8,12H2,1-2H3. The van der Waals surface area contributed by atoms with Gasteiger partial charge in [-0.2, -0.15) is 0 Å². The highest BCUT2D eigenvalue weighted by molar-refractivity contribution is 5.30. The van der Waals surface area contributed by atoms with Crippen molar-refractivity contribution in [3.63, 3.8) is 0 Å². The summed E-state index contributed by atoms with van der Waals surface area (Å²) in [7, 11) is 4.04. The van der Waals surface area contributed by atoms with E-state index in [-0.39, 0.29) is 5.92 Å². The molecule has 0 aromatic heterocycles. The molecule has 0 radical (unpaired) electrons. The van der Waals surface area contributed by atoms with E-state index in [9.17, 15) is 5.11 Å². The molecule has 3 heteroatoms. The minimum Gasteiger partial charge on any atom is -0.508 e. The molecule has 0 saturated heterocycles. The van der Waals surface area contributed by atoms with Gasteiger partial charge in [0.2, 0.25) is 0 Å². The highest BCUT2D eigenvalue weighted by Crippen LogP contribution is 2.19. The molecule has 1 aromatic rings. The predicted molar refractivity (Wildman–Crippen MR) is 58.5 cm³/mol. The summed E-state index contributed by atoms with van der Waals surface area (Å²) in [5.41, 5.74) is 6.79. The van der Waals surface area contributed by atoms with Crippen LogP contribution in [0, 0.1) is 0 Å². The van der Waals surface area contributed by atoms with Crippen LogP contribution in [0.15, 0.2) is 24.3 Å². The molecule has 0 aliphatic heterocycles. The molecule has 0 fully saturated rings. The number of likely N-dealkylation sites (N-methyl/N-ethyl adjacent to an activating group) is 1. The number of rotatable bonds is 4. The van der Waals surface area contributed by atoms with Gasteiger partial charge in [-0.15, -0.1) is 0 Å². The Kier molecular flexibility index (Phi) is 3.92. The van der Waals surface area contributed by atoms with Crippen molar-refractivity contribution in [3.8, 4) is 5.75 Å². The first-order valence-corrected chi connectivity index (χ1v) is 4.77. The van der Waals surface area contributed by atoms with Crippen molar-refractivity contribution in [2.75, 3.05) is 27.2 Å². The van der Waals surface area contributed by atoms with Crippen molar-refractivity contribution in [2.24, 2.45) is 5.73 Å². The van der Waals surface area contributed by atoms with Gasteiger partial charge in [0.15, 0.2) is 0 Å². The fourth-order valence-corrected chi connectivity index (χ4v) is 1.54. The minimum absolute atomic E-state index is 0.289. The maximum absolute atomic E-state index is 9.34. The fourth-order valence-electron chi connectivity index (χ4n) is 1.54. The van der Waals surface area contributed by atoms with Gasteiger partial charge in [0, 0.05) is 19.0 Å². The van der Waals surface area contributed by atoms with Crippen molar-refractivity contribution in [1.29, 1.82) is 0 Å². The Morgan fingerprint density at radius 2 is 2.14 bits per heavy atom. The van der Waals surface area contributed by atoms with Crippen molar-refractivity contribution >= 4 is 0 Å². The van der Waals surface area contributed by atoms with Crippen LogP contribution in [-0.4, -0.2) is 37.2 Å². The molecule has 14 heavy (non-hydrogen) atoms. The van der Waals surface area contributed by atoms with Gasteiger partial charge in [-0.25, -0.2) is 0 Å². The molecular weight excluding hydrogens is 176 g/mol. The van der Waals surface area contributed by atoms with Gasteiger partial charge < -0.3 is 15.7 Å². The molecule has 3 nitrogen and oxygen atoms in total. The molecule has 1 atom stereocenters. The van der Waals surface area contributed by atoms with E-state index in [1.165, 1.54) is 0 Å². The van der Waals surface area contributed by atoms with E-state index in [0.717, 1.165) is 12.1 Å². The molecule has 0 aliphatic rings. The molecule has 0 aliphatic carbocycles. The van der Waals surface area contributed by atoms with Crippen LogP contribution in [-0.2, 0) is 0 Å². The van der Waals surface area contributed by atoms with Crippen molar-refractivity contribution in [3.05, 3.63) is 29.8 Å². The zero-order valence-electron chi connectivity index (χ0n) is 8.77. The van der Waals surface area contributed by atoms with Gasteiger partial charge in [-0.05, 0) is 31.8 Å². The van der Waals surface area contributed by atoms with Crippen LogP contribution in [0.1, 0.15) is 11.5 Å². The molecule has 0 spiro atoms. The van der Waals surface area contributed by atoms with E-state index in [4.69, 9.17) is 5.73 Å². The number of hydrogen-bond acceptors (Lipinski definition) is 3. The summed E-state index contributed by atoms with van der Waals surface area (Å²) in [6.07, 6.45) is 0. The summed E-state index contributed by atoms with van der Waals surface area (Å²) < 4.78 is 0. The smallest absolute Gasteiger partial charge is 0.115 e. The number of benzene rings is 1. The van der Waals surface area contributed by atoms with Gasteiger partial charge in [0.1, 0.15) is 5.75 Å². The van der Waals surface area contributed by atoms with E-state index < -0.39 is 0 Å². The third-order valence-electron chi connectivity index (χ3n) is 2.21. The molecule has 0 saturated carbocycles. The van der Waals surface area contributed by atoms with Gasteiger partial charge in [0.05, 0.1) is 0 Å². The first-order chi connectivity index (χ1) is 6.63. The van der Waals surface area contributed by atoms with Gasteiger partial charge in [-0.3, -0.25) is 0 Å². The minimum atomic E-state index is 0.289. The number of phenols is 1. The molecule has 0 bridgehead atoms. The summed E-state index contributed by atoms with van der Waals surface area (Å²) >= 11 is 0. The number of phenolic OH excluding ortho intramolecular Hbond substituents is 1. The lowest BCUT2D eigenvalue weighted by Crippen LogP contribution is -2.25. The van der Waals surface area contributed by atoms with E-state index in [0.29, 0.717) is 12.3 Å². The average Bonchev–Trinajstić information content (AvgIpc) is 2.14. The SMILES string of the molecule is CN(C)CC(CN)c1cccc(O)c1. The van der Waals surface area contributed by atoms with Crippen LogP contribution in [0.5, 0.6) is 5.75 Å². The molecule has 0 heterocycles. The number of nitrogens with zero attached hydrogens (tertiary/aromatic N) is 1. The summed E-state index contributed by atoms with van der Waals surface area (Å²) in [5, 5.41) is 9.34. The Balaban J connectivity index is 2.78. The second kappa shape index (κ2) is 4.98. The van der Waals surface area contributed by atoms with E-state index in [1.54, 1.807) is 12.1 Å². The number of aromatic hydroxyl groups is 1. The monoisotopic (exact) mass is 194 g/mol. The maximum Gasteiger partial charge on any atom is 0.115 e. The Bertz CT molecular complexity index is 286. The molecule has 0 amide bonds. The van der Waals surface area contributed by atoms with Crippen LogP contribution in [0.2, 0.25) is 0 Å². The quantitative estimate of drug-likeness (QED) is 0.751. The van der Waals surface area contributed by atoms with Crippen LogP contribution in [0.3, 0.4) is 0 Å². The Morgan fingerprint density at radius 3 is 2.64 bits per heavy atom. The van der Waals surface area contributed by atoms with Gasteiger partial charge >= 0.3 is 0 Å². The highest BCUT2D eigenvalue weighted by atomic mass is 16.3. The highest BCUT2D eigenvalue weighted by Gasteiger charge is 2.10. The summed E-state index contributed by atoms with van der Waals surface area (Å²) in [4.78, 5) is 2.10. The number of hydrogen-bond donors (Lipinski definition) is 2. The van der Waals surface area contributed by atoms with Crippen LogP contribution < -0.4 is 5.73 Å². The Morgan fingerprint density at radius 1 is 1.43 bits per heavy atom. The van der Waals surface area contributed by atoms with Crippen molar-refractivity contribution in [1.82, 2.24) is 4.90 Å². The van der Waals surface area contributed by atoms with E-state index in [2.05, 4.69) is 4.90 Å². The first-order valence-electron chi connectivity index (χ1n) is 4.77. The van der Waals surface area contributed by atoms with Crippen molar-refractivity contribution < 1.29 is 5.11 Å². The zero-order chi connectivity index (χ0) is 10.6. The first kappa shape index (κ1) is 11.0. The third-order valence-corrected chi connectivity index (χ3v) is 2.21. The van der Waals surface area contributed by atoms with E-state index >= 15 is 0 Å². The maximum atomic E-state index is 9.34. The topological polar surface area (TPSA) is 49.5 Å². The number of nitrogens with two attached hydrogens (primary N) is 1. The van der Waals surface area contributed by atoms with Crippen LogP contribution in [0.4, 0.5) is 0 Å². The van der Waals surface area contributed by atoms with E-state index in [1.807, 2.05) is 26.2 Å². The lowest BCUT2D eigenvalue weighted by molar-refractivity contribution is 0.374. The Labute approximate surface area is 85.2 Å². The zero-order valence-corrected chi connectivity index (χ0v) is 8.77. The van der Waals surface area contributed by atoms with Gasteiger partial charge in [-0.1, -0.05) is 12.1 Å². The lowest BCUT2D eigenvalue weighted by Gasteiger charge is -2.19. The summed E-state index contributed by atoms with van der Waals surface area (Å²) in [6.45, 7) is 1.50. The lowest BCUT2D eigenvalue weighted by atomic mass is 9.99. The average molecular weight is 194 g/mol. The van der Waals surface area contributed by atoms with Crippen LogP contribution >= 0.6 is 0 Å².